The van der Waals surface area contributed by atoms with Crippen molar-refractivity contribution in [2.24, 2.45) is 5.73 Å². The monoisotopic (exact) mass is 247 g/mol. The van der Waals surface area contributed by atoms with Crippen LogP contribution in [0.3, 0.4) is 0 Å². The van der Waals surface area contributed by atoms with Crippen LogP contribution in [0, 0.1) is 0 Å². The molecule has 1 aromatic carbocycles. The first-order valence-electron chi connectivity index (χ1n) is 5.18. The fourth-order valence-corrected chi connectivity index (χ4v) is 1.83. The second-order valence-electron chi connectivity index (χ2n) is 3.76. The number of aromatic nitrogens is 1. The summed E-state index contributed by atoms with van der Waals surface area (Å²) in [6, 6.07) is 11.1. The summed E-state index contributed by atoms with van der Waals surface area (Å²) >= 11 is 5.91. The largest absolute Gasteiger partial charge is 0.365 e. The molecule has 3 nitrogen and oxygen atoms in total. The molecule has 0 radical (unpaired) electrons. The van der Waals surface area contributed by atoms with Gasteiger partial charge >= 0.3 is 0 Å². The number of hydrogen-bond donors (Lipinski definition) is 1. The Kier molecular flexibility index (Phi) is 3.40. The van der Waals surface area contributed by atoms with E-state index in [1.54, 1.807) is 18.3 Å². The van der Waals surface area contributed by atoms with Crippen LogP contribution in [0.25, 0.3) is 0 Å². The second kappa shape index (κ2) is 4.97. The molecule has 1 aromatic heterocycles. The molecule has 0 aliphatic heterocycles. The van der Waals surface area contributed by atoms with Gasteiger partial charge in [-0.3, -0.25) is 4.79 Å². The van der Waals surface area contributed by atoms with E-state index in [1.807, 2.05) is 35.0 Å². The van der Waals surface area contributed by atoms with Gasteiger partial charge in [0, 0.05) is 16.7 Å². The molecule has 0 spiro atoms. The molecule has 0 bridgehead atoms. The van der Waals surface area contributed by atoms with Crippen molar-refractivity contribution in [3.05, 3.63) is 64.9 Å². The van der Waals surface area contributed by atoms with Crippen LogP contribution in [0.1, 0.15) is 15.9 Å². The van der Waals surface area contributed by atoms with Crippen LogP contribution in [0.2, 0.25) is 5.02 Å². The normalized spacial score (nSPS) is 10.2. The first kappa shape index (κ1) is 11.6. The Labute approximate surface area is 104 Å². The van der Waals surface area contributed by atoms with Gasteiger partial charge in [-0.25, -0.2) is 0 Å². The molecule has 1 heterocycles. The highest BCUT2D eigenvalue weighted by Crippen LogP contribution is 2.10. The molecular weight excluding hydrogens is 236 g/mol. The highest BCUT2D eigenvalue weighted by Gasteiger charge is 2.07. The second-order valence-corrected chi connectivity index (χ2v) is 4.20. The van der Waals surface area contributed by atoms with Crippen LogP contribution >= 0.6 is 11.6 Å². The molecule has 0 aliphatic rings. The Morgan fingerprint density at radius 3 is 2.82 bits per heavy atom. The SMILES string of the molecule is NC(=O)c1ccc[n+](Cc2cccc(Cl)c2)c1. The smallest absolute Gasteiger partial charge is 0.254 e. The minimum atomic E-state index is -0.426. The molecule has 0 fully saturated rings. The number of amides is 1. The van der Waals surface area contributed by atoms with Crippen LogP contribution in [-0.4, -0.2) is 5.91 Å². The topological polar surface area (TPSA) is 47.0 Å². The van der Waals surface area contributed by atoms with E-state index in [9.17, 15) is 4.79 Å². The van der Waals surface area contributed by atoms with Gasteiger partial charge in [0.2, 0.25) is 0 Å². The van der Waals surface area contributed by atoms with E-state index in [2.05, 4.69) is 0 Å². The molecule has 2 aromatic rings. The molecule has 86 valence electrons. The average molecular weight is 248 g/mol. The van der Waals surface area contributed by atoms with Crippen molar-refractivity contribution in [3.8, 4) is 0 Å². The van der Waals surface area contributed by atoms with Gasteiger partial charge in [-0.05, 0) is 18.2 Å². The molecule has 0 saturated heterocycles. The molecule has 2 N–H and O–H groups in total. The van der Waals surface area contributed by atoms with Crippen LogP contribution < -0.4 is 10.3 Å². The van der Waals surface area contributed by atoms with Crippen LogP contribution in [0.4, 0.5) is 0 Å². The third kappa shape index (κ3) is 3.04. The molecule has 0 atom stereocenters. The molecule has 1 amide bonds. The third-order valence-corrected chi connectivity index (χ3v) is 2.63. The molecule has 4 heteroatoms. The van der Waals surface area contributed by atoms with Gasteiger partial charge < -0.3 is 5.73 Å². The van der Waals surface area contributed by atoms with Gasteiger partial charge in [0.25, 0.3) is 5.91 Å². The quantitative estimate of drug-likeness (QED) is 0.826. The maximum atomic E-state index is 11.0. The highest BCUT2D eigenvalue weighted by molar-refractivity contribution is 6.30. The number of halogens is 1. The number of pyridine rings is 1. The molecule has 0 unspecified atom stereocenters. The highest BCUT2D eigenvalue weighted by atomic mass is 35.5. The first-order valence-corrected chi connectivity index (χ1v) is 5.56. The number of primary amides is 1. The summed E-state index contributed by atoms with van der Waals surface area (Å²) in [7, 11) is 0. The summed E-state index contributed by atoms with van der Waals surface area (Å²) < 4.78 is 1.89. The summed E-state index contributed by atoms with van der Waals surface area (Å²) in [5, 5.41) is 0.703. The summed E-state index contributed by atoms with van der Waals surface area (Å²) in [4.78, 5) is 11.0. The number of nitrogens with zero attached hydrogens (tertiary/aromatic N) is 1. The molecular formula is C13H12ClN2O+. The van der Waals surface area contributed by atoms with E-state index in [0.717, 1.165) is 5.56 Å². The van der Waals surface area contributed by atoms with Crippen molar-refractivity contribution < 1.29 is 9.36 Å². The lowest BCUT2D eigenvalue weighted by molar-refractivity contribution is -0.688. The van der Waals surface area contributed by atoms with Gasteiger partial charge in [0.1, 0.15) is 5.56 Å². The van der Waals surface area contributed by atoms with E-state index >= 15 is 0 Å². The lowest BCUT2D eigenvalue weighted by atomic mass is 10.2. The Morgan fingerprint density at radius 2 is 2.12 bits per heavy atom. The van der Waals surface area contributed by atoms with Gasteiger partial charge in [-0.2, -0.15) is 4.57 Å². The lowest BCUT2D eigenvalue weighted by Crippen LogP contribution is -2.35. The summed E-state index contributed by atoms with van der Waals surface area (Å²) in [6.45, 7) is 0.654. The predicted octanol–water partition coefficient (Wildman–Crippen LogP) is 1.77. The number of hydrogen-bond acceptors (Lipinski definition) is 1. The van der Waals surface area contributed by atoms with Gasteiger partial charge in [0.05, 0.1) is 0 Å². The number of rotatable bonds is 3. The van der Waals surface area contributed by atoms with Crippen LogP contribution in [0.5, 0.6) is 0 Å². The van der Waals surface area contributed by atoms with Crippen LogP contribution in [-0.2, 0) is 6.54 Å². The zero-order valence-electron chi connectivity index (χ0n) is 9.14. The minimum Gasteiger partial charge on any atom is -0.365 e. The minimum absolute atomic E-state index is 0.426. The number of carbonyl (C=O) groups is 1. The molecule has 2 rings (SSSR count). The number of carbonyl (C=O) groups excluding carboxylic acids is 1. The standard InChI is InChI=1S/C13H11ClN2O/c14-12-5-1-3-10(7-12)8-16-6-2-4-11(9-16)13(15)17/h1-7,9H,8H2,(H-,15,17)/p+1. The first-order chi connectivity index (χ1) is 8.15. The van der Waals surface area contributed by atoms with Gasteiger partial charge in [-0.1, -0.05) is 23.7 Å². The van der Waals surface area contributed by atoms with Crippen molar-refractivity contribution in [1.29, 1.82) is 0 Å². The van der Waals surface area contributed by atoms with Gasteiger partial charge in [-0.15, -0.1) is 0 Å². The Bertz CT molecular complexity index is 555. The maximum Gasteiger partial charge on any atom is 0.254 e. The van der Waals surface area contributed by atoms with E-state index < -0.39 is 5.91 Å². The molecule has 17 heavy (non-hydrogen) atoms. The summed E-state index contributed by atoms with van der Waals surface area (Å²) in [6.07, 6.45) is 3.61. The van der Waals surface area contributed by atoms with Crippen molar-refractivity contribution in [1.82, 2.24) is 0 Å². The number of benzene rings is 1. The number of nitrogens with two attached hydrogens (primary N) is 1. The van der Waals surface area contributed by atoms with E-state index in [4.69, 9.17) is 17.3 Å². The van der Waals surface area contributed by atoms with E-state index in [1.165, 1.54) is 0 Å². The maximum absolute atomic E-state index is 11.0. The zero-order valence-corrected chi connectivity index (χ0v) is 9.89. The molecule has 0 aliphatic carbocycles. The zero-order chi connectivity index (χ0) is 12.3. The predicted molar refractivity (Wildman–Crippen MR) is 65.7 cm³/mol. The molecule has 0 saturated carbocycles. The lowest BCUT2D eigenvalue weighted by Gasteiger charge is -1.99. The van der Waals surface area contributed by atoms with Crippen molar-refractivity contribution >= 4 is 17.5 Å². The van der Waals surface area contributed by atoms with E-state index in [-0.39, 0.29) is 0 Å². The van der Waals surface area contributed by atoms with E-state index in [0.29, 0.717) is 17.1 Å². The Hall–Kier alpha value is -1.87. The Morgan fingerprint density at radius 1 is 1.29 bits per heavy atom. The van der Waals surface area contributed by atoms with Gasteiger partial charge in [0.15, 0.2) is 18.9 Å². The fraction of sp³-hybridized carbons (Fsp3) is 0.0769. The average Bonchev–Trinajstić information content (AvgIpc) is 2.29. The summed E-state index contributed by atoms with van der Waals surface area (Å²) in [5.74, 6) is -0.426. The van der Waals surface area contributed by atoms with Crippen LogP contribution in [0.15, 0.2) is 48.8 Å². The van der Waals surface area contributed by atoms with Crippen molar-refractivity contribution in [3.63, 3.8) is 0 Å². The third-order valence-electron chi connectivity index (χ3n) is 2.40. The van der Waals surface area contributed by atoms with Crippen molar-refractivity contribution in [2.45, 2.75) is 6.54 Å². The van der Waals surface area contributed by atoms with Crippen molar-refractivity contribution in [2.75, 3.05) is 0 Å². The summed E-state index contributed by atoms with van der Waals surface area (Å²) in [5.41, 5.74) is 6.79. The Balaban J connectivity index is 2.24. The fourth-order valence-electron chi connectivity index (χ4n) is 1.61.